The molecule has 0 radical (unpaired) electrons. The smallest absolute Gasteiger partial charge is 0.146 e. The van der Waals surface area contributed by atoms with Crippen molar-refractivity contribution in [1.82, 2.24) is 4.98 Å². The molecule has 1 aromatic heterocycles. The lowest BCUT2D eigenvalue weighted by molar-refractivity contribution is 0.868. The largest absolute Gasteiger partial charge is 0.356 e. The Morgan fingerprint density at radius 3 is 2.94 bits per heavy atom. The Balaban J connectivity index is 2.05. The molecule has 0 bridgehead atoms. The molecule has 0 spiro atoms. The molecule has 0 atom stereocenters. The van der Waals surface area contributed by atoms with E-state index in [9.17, 15) is 5.26 Å². The van der Waals surface area contributed by atoms with Gasteiger partial charge in [-0.05, 0) is 43.7 Å². The molecule has 1 saturated carbocycles. The lowest BCUT2D eigenvalue weighted by Gasteiger charge is -2.19. The van der Waals surface area contributed by atoms with Gasteiger partial charge >= 0.3 is 0 Å². The van der Waals surface area contributed by atoms with E-state index in [4.69, 9.17) is 0 Å². The van der Waals surface area contributed by atoms with Crippen molar-refractivity contribution in [3.63, 3.8) is 0 Å². The maximum Gasteiger partial charge on any atom is 0.146 e. The molecule has 3 rings (SSSR count). The van der Waals surface area contributed by atoms with Gasteiger partial charge in [0, 0.05) is 18.8 Å². The number of aryl methyl sites for hydroxylation is 2. The Kier molecular flexibility index (Phi) is 2.10. The van der Waals surface area contributed by atoms with Gasteiger partial charge in [0.1, 0.15) is 11.9 Å². The molecular weight excluding hydrogens is 198 g/mol. The molecule has 3 heteroatoms. The van der Waals surface area contributed by atoms with Gasteiger partial charge in [-0.15, -0.1) is 0 Å². The van der Waals surface area contributed by atoms with Gasteiger partial charge < -0.3 is 4.90 Å². The van der Waals surface area contributed by atoms with Crippen LogP contribution in [0.1, 0.15) is 36.1 Å². The van der Waals surface area contributed by atoms with Gasteiger partial charge in [0.15, 0.2) is 0 Å². The number of hydrogen-bond donors (Lipinski definition) is 0. The summed E-state index contributed by atoms with van der Waals surface area (Å²) in [4.78, 5) is 6.87. The van der Waals surface area contributed by atoms with Crippen molar-refractivity contribution in [2.24, 2.45) is 0 Å². The quantitative estimate of drug-likeness (QED) is 0.754. The summed E-state index contributed by atoms with van der Waals surface area (Å²) in [6.45, 7) is 0. The van der Waals surface area contributed by atoms with Crippen LogP contribution >= 0.6 is 0 Å². The fraction of sp³-hybridized carbons (Fsp3) is 0.538. The Morgan fingerprint density at radius 1 is 1.44 bits per heavy atom. The maximum atomic E-state index is 9.18. The van der Waals surface area contributed by atoms with Gasteiger partial charge in [-0.2, -0.15) is 5.26 Å². The topological polar surface area (TPSA) is 39.9 Å². The van der Waals surface area contributed by atoms with Gasteiger partial charge in [0.05, 0.1) is 5.56 Å². The second kappa shape index (κ2) is 3.48. The van der Waals surface area contributed by atoms with Crippen LogP contribution in [0.25, 0.3) is 0 Å². The zero-order valence-corrected chi connectivity index (χ0v) is 9.53. The molecule has 0 saturated heterocycles. The fourth-order valence-corrected chi connectivity index (χ4v) is 2.45. The highest BCUT2D eigenvalue weighted by atomic mass is 15.2. The van der Waals surface area contributed by atoms with Crippen molar-refractivity contribution in [3.05, 3.63) is 22.9 Å². The van der Waals surface area contributed by atoms with Crippen LogP contribution < -0.4 is 4.90 Å². The molecule has 0 aliphatic heterocycles. The lowest BCUT2D eigenvalue weighted by atomic mass is 10.1. The third-order valence-corrected chi connectivity index (χ3v) is 3.58. The first kappa shape index (κ1) is 9.65. The first-order valence-corrected chi connectivity index (χ1v) is 5.95. The number of nitriles is 1. The third kappa shape index (κ3) is 1.46. The van der Waals surface area contributed by atoms with E-state index in [2.05, 4.69) is 23.0 Å². The number of fused-ring (bicyclic) bond motifs is 1. The Hall–Kier alpha value is -1.56. The van der Waals surface area contributed by atoms with Gasteiger partial charge in [0.2, 0.25) is 0 Å². The van der Waals surface area contributed by atoms with Crippen LogP contribution in [0.15, 0.2) is 6.07 Å². The standard InChI is InChI=1S/C13H15N3/c1-16(11-5-6-11)13-10(8-14)7-9-3-2-4-12(9)15-13/h7,11H,2-6H2,1H3. The molecule has 16 heavy (non-hydrogen) atoms. The van der Waals surface area contributed by atoms with Crippen molar-refractivity contribution in [3.8, 4) is 6.07 Å². The first-order chi connectivity index (χ1) is 7.79. The molecule has 1 fully saturated rings. The number of pyridine rings is 1. The normalized spacial score (nSPS) is 18.0. The van der Waals surface area contributed by atoms with Crippen molar-refractivity contribution in [1.29, 1.82) is 5.26 Å². The van der Waals surface area contributed by atoms with Crippen LogP contribution in [0.2, 0.25) is 0 Å². The summed E-state index contributed by atoms with van der Waals surface area (Å²) in [6, 6.07) is 4.94. The number of anilines is 1. The highest BCUT2D eigenvalue weighted by Gasteiger charge is 2.29. The molecule has 0 amide bonds. The Morgan fingerprint density at radius 2 is 2.25 bits per heavy atom. The minimum absolute atomic E-state index is 0.610. The predicted molar refractivity (Wildman–Crippen MR) is 62.4 cm³/mol. The van der Waals surface area contributed by atoms with Crippen LogP contribution in [0, 0.1) is 11.3 Å². The third-order valence-electron chi connectivity index (χ3n) is 3.58. The summed E-state index contributed by atoms with van der Waals surface area (Å²) in [5.41, 5.74) is 3.24. The maximum absolute atomic E-state index is 9.18. The van der Waals surface area contributed by atoms with Gasteiger partial charge in [-0.1, -0.05) is 0 Å². The van der Waals surface area contributed by atoms with E-state index in [0.717, 1.165) is 24.2 Å². The lowest BCUT2D eigenvalue weighted by Crippen LogP contribution is -2.22. The van der Waals surface area contributed by atoms with E-state index in [-0.39, 0.29) is 0 Å². The Labute approximate surface area is 95.7 Å². The van der Waals surface area contributed by atoms with Crippen molar-refractivity contribution >= 4 is 5.82 Å². The van der Waals surface area contributed by atoms with E-state index in [1.165, 1.54) is 30.5 Å². The zero-order chi connectivity index (χ0) is 11.1. The minimum atomic E-state index is 0.610. The summed E-state index contributed by atoms with van der Waals surface area (Å²) < 4.78 is 0. The summed E-state index contributed by atoms with van der Waals surface area (Å²) in [7, 11) is 2.06. The van der Waals surface area contributed by atoms with Crippen LogP contribution in [0.4, 0.5) is 5.82 Å². The second-order valence-corrected chi connectivity index (χ2v) is 4.77. The SMILES string of the molecule is CN(c1nc2c(cc1C#N)CCC2)C1CC1. The average molecular weight is 213 g/mol. The molecule has 82 valence electrons. The molecular formula is C13H15N3. The highest BCUT2D eigenvalue weighted by Crippen LogP contribution is 2.33. The molecule has 2 aliphatic rings. The molecule has 0 N–H and O–H groups in total. The van der Waals surface area contributed by atoms with Crippen LogP contribution in [0.3, 0.4) is 0 Å². The minimum Gasteiger partial charge on any atom is -0.356 e. The van der Waals surface area contributed by atoms with Crippen LogP contribution in [-0.2, 0) is 12.8 Å². The molecule has 1 heterocycles. The van der Waals surface area contributed by atoms with Crippen molar-refractivity contribution in [2.75, 3.05) is 11.9 Å². The highest BCUT2D eigenvalue weighted by molar-refractivity contribution is 5.57. The van der Waals surface area contributed by atoms with Crippen molar-refractivity contribution in [2.45, 2.75) is 38.1 Å². The number of hydrogen-bond acceptors (Lipinski definition) is 3. The van der Waals surface area contributed by atoms with Gasteiger partial charge in [0.25, 0.3) is 0 Å². The van der Waals surface area contributed by atoms with E-state index in [1.807, 2.05) is 6.07 Å². The van der Waals surface area contributed by atoms with Crippen LogP contribution in [-0.4, -0.2) is 18.1 Å². The second-order valence-electron chi connectivity index (χ2n) is 4.77. The molecule has 3 nitrogen and oxygen atoms in total. The van der Waals surface area contributed by atoms with Crippen LogP contribution in [0.5, 0.6) is 0 Å². The number of nitrogens with zero attached hydrogens (tertiary/aromatic N) is 3. The van der Waals surface area contributed by atoms with Gasteiger partial charge in [-0.25, -0.2) is 4.98 Å². The summed E-state index contributed by atoms with van der Waals surface area (Å²) in [6.07, 6.45) is 5.82. The van der Waals surface area contributed by atoms with Gasteiger partial charge in [-0.3, -0.25) is 0 Å². The molecule has 0 aromatic carbocycles. The monoisotopic (exact) mass is 213 g/mol. The summed E-state index contributed by atoms with van der Waals surface area (Å²) >= 11 is 0. The summed E-state index contributed by atoms with van der Waals surface area (Å²) in [5, 5.41) is 9.18. The summed E-state index contributed by atoms with van der Waals surface area (Å²) in [5.74, 6) is 0.894. The molecule has 1 aromatic rings. The number of rotatable bonds is 2. The van der Waals surface area contributed by atoms with Crippen molar-refractivity contribution < 1.29 is 0 Å². The first-order valence-electron chi connectivity index (χ1n) is 5.95. The predicted octanol–water partition coefficient (Wildman–Crippen LogP) is 2.04. The van der Waals surface area contributed by atoms with E-state index in [1.54, 1.807) is 0 Å². The number of aromatic nitrogens is 1. The van der Waals surface area contributed by atoms with E-state index < -0.39 is 0 Å². The average Bonchev–Trinajstić information content (AvgIpc) is 3.05. The fourth-order valence-electron chi connectivity index (χ4n) is 2.45. The molecule has 0 unspecified atom stereocenters. The molecule has 2 aliphatic carbocycles. The van der Waals surface area contributed by atoms with E-state index in [0.29, 0.717) is 6.04 Å². The van der Waals surface area contributed by atoms with E-state index >= 15 is 0 Å². The zero-order valence-electron chi connectivity index (χ0n) is 9.53. The Bertz CT molecular complexity index is 469.